The van der Waals surface area contributed by atoms with Crippen LogP contribution in [-0.4, -0.2) is 23.9 Å². The molecule has 0 saturated heterocycles. The Balaban J connectivity index is 1.99. The molecule has 154 valence electrons. The van der Waals surface area contributed by atoms with Crippen LogP contribution in [0, 0.1) is 20.8 Å². The van der Waals surface area contributed by atoms with Crippen molar-refractivity contribution in [3.8, 4) is 0 Å². The highest BCUT2D eigenvalue weighted by Gasteiger charge is 2.23. The Morgan fingerprint density at radius 2 is 1.59 bits per heavy atom. The molecule has 2 aromatic rings. The van der Waals surface area contributed by atoms with Gasteiger partial charge in [-0.05, 0) is 44.9 Å². The van der Waals surface area contributed by atoms with Gasteiger partial charge in [0, 0.05) is 12.6 Å². The number of ether oxygens (including phenoxy) is 1. The average molecular weight is 396 g/mol. The van der Waals surface area contributed by atoms with Gasteiger partial charge in [-0.2, -0.15) is 0 Å². The van der Waals surface area contributed by atoms with Crippen molar-refractivity contribution < 1.29 is 19.1 Å². The number of amides is 2. The molecule has 6 heteroatoms. The maximum Gasteiger partial charge on any atom is 0.309 e. The number of esters is 1. The first-order chi connectivity index (χ1) is 13.7. The molecule has 6 nitrogen and oxygen atoms in total. The Morgan fingerprint density at radius 3 is 2.17 bits per heavy atom. The summed E-state index contributed by atoms with van der Waals surface area (Å²) < 4.78 is 5.30. The summed E-state index contributed by atoms with van der Waals surface area (Å²) in [7, 11) is 0. The Labute approximate surface area is 171 Å². The number of rotatable bonds is 7. The van der Waals surface area contributed by atoms with Crippen molar-refractivity contribution in [1.82, 2.24) is 5.32 Å². The number of anilines is 1. The number of carbonyl (C=O) groups excluding carboxylic acids is 3. The van der Waals surface area contributed by atoms with Crippen LogP contribution in [0.5, 0.6) is 0 Å². The van der Waals surface area contributed by atoms with E-state index in [0.717, 1.165) is 22.3 Å². The quantitative estimate of drug-likeness (QED) is 0.698. The highest BCUT2D eigenvalue weighted by atomic mass is 16.5. The second-order valence-corrected chi connectivity index (χ2v) is 7.31. The third-order valence-corrected chi connectivity index (χ3v) is 4.55. The van der Waals surface area contributed by atoms with Crippen LogP contribution in [0.1, 0.15) is 48.6 Å². The molecule has 0 heterocycles. The van der Waals surface area contributed by atoms with Gasteiger partial charge in [-0.3, -0.25) is 14.4 Å². The zero-order valence-electron chi connectivity index (χ0n) is 17.5. The third-order valence-electron chi connectivity index (χ3n) is 4.55. The van der Waals surface area contributed by atoms with Crippen molar-refractivity contribution in [2.24, 2.45) is 0 Å². The molecule has 0 bridgehead atoms. The summed E-state index contributed by atoms with van der Waals surface area (Å²) in [6.07, 6.45) is -1.02. The van der Waals surface area contributed by atoms with Crippen molar-refractivity contribution in [1.29, 1.82) is 0 Å². The maximum atomic E-state index is 12.4. The minimum Gasteiger partial charge on any atom is -0.452 e. The van der Waals surface area contributed by atoms with Crippen LogP contribution in [-0.2, 0) is 19.1 Å². The molecule has 2 aromatic carbocycles. The fourth-order valence-electron chi connectivity index (χ4n) is 2.95. The zero-order chi connectivity index (χ0) is 21.6. The number of carbonyl (C=O) groups is 3. The van der Waals surface area contributed by atoms with Crippen molar-refractivity contribution >= 4 is 23.5 Å². The summed E-state index contributed by atoms with van der Waals surface area (Å²) in [5.41, 5.74) is 4.59. The van der Waals surface area contributed by atoms with Crippen LogP contribution >= 0.6 is 0 Å². The number of nitrogens with one attached hydrogen (secondary N) is 2. The molecule has 0 aromatic heterocycles. The second-order valence-electron chi connectivity index (χ2n) is 7.31. The van der Waals surface area contributed by atoms with Crippen LogP contribution in [0.3, 0.4) is 0 Å². The summed E-state index contributed by atoms with van der Waals surface area (Å²) >= 11 is 0. The van der Waals surface area contributed by atoms with Gasteiger partial charge in [-0.1, -0.05) is 47.5 Å². The summed E-state index contributed by atoms with van der Waals surface area (Å²) in [6, 6.07) is 12.7. The van der Waals surface area contributed by atoms with Crippen LogP contribution in [0.15, 0.2) is 42.5 Å². The largest absolute Gasteiger partial charge is 0.452 e. The van der Waals surface area contributed by atoms with Crippen molar-refractivity contribution in [3.05, 3.63) is 64.7 Å². The van der Waals surface area contributed by atoms with E-state index < -0.39 is 24.0 Å². The Morgan fingerprint density at radius 1 is 0.966 bits per heavy atom. The van der Waals surface area contributed by atoms with E-state index >= 15 is 0 Å². The zero-order valence-corrected chi connectivity index (χ0v) is 17.5. The van der Waals surface area contributed by atoms with Crippen molar-refractivity contribution in [2.75, 3.05) is 5.32 Å². The lowest BCUT2D eigenvalue weighted by Crippen LogP contribution is -2.33. The van der Waals surface area contributed by atoms with E-state index in [9.17, 15) is 14.4 Å². The molecule has 0 aliphatic rings. The van der Waals surface area contributed by atoms with Gasteiger partial charge in [0.2, 0.25) is 5.91 Å². The lowest BCUT2D eigenvalue weighted by molar-refractivity contribution is -0.153. The lowest BCUT2D eigenvalue weighted by Gasteiger charge is -2.20. The minimum atomic E-state index is -0.959. The summed E-state index contributed by atoms with van der Waals surface area (Å²) in [5.74, 6) is -1.21. The van der Waals surface area contributed by atoms with Gasteiger partial charge in [0.05, 0.1) is 12.5 Å². The average Bonchev–Trinajstić information content (AvgIpc) is 2.63. The van der Waals surface area contributed by atoms with Crippen LogP contribution in [0.2, 0.25) is 0 Å². The van der Waals surface area contributed by atoms with Gasteiger partial charge in [-0.25, -0.2) is 0 Å². The van der Waals surface area contributed by atoms with E-state index in [0.29, 0.717) is 5.69 Å². The molecule has 0 aliphatic carbocycles. The number of hydrogen-bond donors (Lipinski definition) is 2. The topological polar surface area (TPSA) is 84.5 Å². The third kappa shape index (κ3) is 6.75. The summed E-state index contributed by atoms with van der Waals surface area (Å²) in [6.45, 7) is 8.76. The van der Waals surface area contributed by atoms with E-state index in [1.807, 2.05) is 63.2 Å². The van der Waals surface area contributed by atoms with Crippen molar-refractivity contribution in [3.63, 3.8) is 0 Å². The predicted molar refractivity (Wildman–Crippen MR) is 112 cm³/mol. The van der Waals surface area contributed by atoms with Gasteiger partial charge in [0.15, 0.2) is 6.10 Å². The van der Waals surface area contributed by atoms with Gasteiger partial charge in [-0.15, -0.1) is 0 Å². The van der Waals surface area contributed by atoms with Crippen LogP contribution in [0.25, 0.3) is 0 Å². The van der Waals surface area contributed by atoms with Gasteiger partial charge in [0.1, 0.15) is 0 Å². The molecule has 0 saturated carbocycles. The molecule has 29 heavy (non-hydrogen) atoms. The Bertz CT molecular complexity index is 890. The molecular weight excluding hydrogens is 368 g/mol. The number of benzene rings is 2. The Hall–Kier alpha value is -3.15. The van der Waals surface area contributed by atoms with Gasteiger partial charge < -0.3 is 15.4 Å². The molecule has 0 aliphatic heterocycles. The number of aryl methyl sites for hydroxylation is 3. The molecule has 0 fully saturated rings. The molecule has 2 amide bonds. The van der Waals surface area contributed by atoms with E-state index in [2.05, 4.69) is 10.6 Å². The molecule has 2 atom stereocenters. The smallest absolute Gasteiger partial charge is 0.309 e. The van der Waals surface area contributed by atoms with Crippen molar-refractivity contribution in [2.45, 2.75) is 53.2 Å². The van der Waals surface area contributed by atoms with E-state index in [4.69, 9.17) is 4.74 Å². The van der Waals surface area contributed by atoms with Crippen LogP contribution in [0.4, 0.5) is 5.69 Å². The van der Waals surface area contributed by atoms with E-state index in [1.165, 1.54) is 13.8 Å². The highest BCUT2D eigenvalue weighted by molar-refractivity contribution is 5.95. The lowest BCUT2D eigenvalue weighted by atomic mass is 10.0. The molecule has 2 N–H and O–H groups in total. The molecule has 2 unspecified atom stereocenters. The standard InChI is InChI=1S/C23H28N2O4/c1-14-6-9-19(10-7-14)21(24-18(5)26)13-22(27)29-17(4)23(28)25-20-11-8-15(2)12-16(20)3/h6-12,17,21H,13H2,1-5H3,(H,24,26)(H,25,28). The van der Waals surface area contributed by atoms with E-state index in [-0.39, 0.29) is 12.3 Å². The normalized spacial score (nSPS) is 12.6. The van der Waals surface area contributed by atoms with Gasteiger partial charge >= 0.3 is 5.97 Å². The SMILES string of the molecule is CC(=O)NC(CC(=O)OC(C)C(=O)Nc1ccc(C)cc1C)c1ccc(C)cc1. The van der Waals surface area contributed by atoms with E-state index in [1.54, 1.807) is 0 Å². The second kappa shape index (κ2) is 9.87. The Kier molecular flexibility index (Phi) is 7.53. The monoisotopic (exact) mass is 396 g/mol. The fraction of sp³-hybridized carbons (Fsp3) is 0.348. The molecule has 0 spiro atoms. The first-order valence-corrected chi connectivity index (χ1v) is 9.57. The first kappa shape index (κ1) is 22.1. The van der Waals surface area contributed by atoms with Gasteiger partial charge in [0.25, 0.3) is 5.91 Å². The first-order valence-electron chi connectivity index (χ1n) is 9.57. The molecular formula is C23H28N2O4. The summed E-state index contributed by atoms with van der Waals surface area (Å²) in [5, 5.41) is 5.54. The van der Waals surface area contributed by atoms with Crippen LogP contribution < -0.4 is 10.6 Å². The summed E-state index contributed by atoms with van der Waals surface area (Å²) in [4.78, 5) is 36.3. The maximum absolute atomic E-state index is 12.4. The highest BCUT2D eigenvalue weighted by Crippen LogP contribution is 2.20. The minimum absolute atomic E-state index is 0.0657. The number of hydrogen-bond acceptors (Lipinski definition) is 4. The molecule has 0 radical (unpaired) electrons. The molecule has 2 rings (SSSR count). The fourth-order valence-corrected chi connectivity index (χ4v) is 2.95. The predicted octanol–water partition coefficient (Wildman–Crippen LogP) is 3.75.